The molecule has 0 bridgehead atoms. The number of nitrogens with zero attached hydrogens (tertiary/aromatic N) is 3. The first-order valence-electron chi connectivity index (χ1n) is 7.79. The first-order chi connectivity index (χ1) is 11.6. The van der Waals surface area contributed by atoms with Crippen LogP contribution in [0.1, 0.15) is 30.4 Å². The Hall–Kier alpha value is -2.18. The van der Waals surface area contributed by atoms with Crippen LogP contribution in [-0.2, 0) is 11.2 Å². The third kappa shape index (κ3) is 3.34. The van der Waals surface area contributed by atoms with Crippen molar-refractivity contribution in [1.82, 2.24) is 9.97 Å². The van der Waals surface area contributed by atoms with Crippen LogP contribution in [0.2, 0.25) is 0 Å². The Morgan fingerprint density at radius 3 is 2.46 bits per heavy atom. The molecule has 2 heterocycles. The van der Waals surface area contributed by atoms with Crippen LogP contribution in [0.15, 0.2) is 64.1 Å². The summed E-state index contributed by atoms with van der Waals surface area (Å²) in [7, 11) is 0. The molecule has 1 aliphatic rings. The number of nitrogens with two attached hydrogens (primary N) is 1. The summed E-state index contributed by atoms with van der Waals surface area (Å²) in [6.07, 6.45) is 5.77. The average molecular weight is 340 g/mol. The molecule has 0 aliphatic carbocycles. The number of benzene rings is 1. The third-order valence-corrected chi connectivity index (χ3v) is 4.94. The maximum Gasteiger partial charge on any atom is 0.342 e. The smallest absolute Gasteiger partial charge is 0.342 e. The minimum Gasteiger partial charge on any atom is -0.609 e. The molecule has 24 heavy (non-hydrogen) atoms. The lowest BCUT2D eigenvalue weighted by Gasteiger charge is -2.17. The van der Waals surface area contributed by atoms with Gasteiger partial charge in [0.1, 0.15) is 6.26 Å². The van der Waals surface area contributed by atoms with Gasteiger partial charge in [0.15, 0.2) is 0 Å². The van der Waals surface area contributed by atoms with Gasteiger partial charge in [-0.25, -0.2) is 0 Å². The Balaban J connectivity index is 1.95. The van der Waals surface area contributed by atoms with Gasteiger partial charge in [0.2, 0.25) is 0 Å². The largest absolute Gasteiger partial charge is 0.609 e. The Labute approximate surface area is 144 Å². The van der Waals surface area contributed by atoms with Crippen molar-refractivity contribution in [3.05, 3.63) is 65.1 Å². The van der Waals surface area contributed by atoms with E-state index in [4.69, 9.17) is 10.7 Å². The van der Waals surface area contributed by atoms with Gasteiger partial charge < -0.3 is 10.3 Å². The number of hydrogen-bond acceptors (Lipinski definition) is 5. The highest BCUT2D eigenvalue weighted by molar-refractivity contribution is 7.90. The van der Waals surface area contributed by atoms with E-state index in [1.165, 1.54) is 5.56 Å². The molecule has 0 radical (unpaired) electrons. The summed E-state index contributed by atoms with van der Waals surface area (Å²) in [6.45, 7) is 2.68. The first kappa shape index (κ1) is 16.7. The summed E-state index contributed by atoms with van der Waals surface area (Å²) in [5, 5.41) is 0.324. The van der Waals surface area contributed by atoms with Crippen molar-refractivity contribution in [2.75, 3.05) is 12.8 Å². The molecule has 2 aromatic rings. The third-order valence-electron chi connectivity index (χ3n) is 4.21. The molecule has 0 saturated heterocycles. The molecule has 1 aliphatic heterocycles. The summed E-state index contributed by atoms with van der Waals surface area (Å²) in [5.74, 6) is 0.163. The molecule has 0 fully saturated rings. The van der Waals surface area contributed by atoms with Crippen molar-refractivity contribution in [1.29, 1.82) is 0 Å². The fraction of sp³-hybridized carbons (Fsp3) is 0.278. The molecule has 0 amide bonds. The highest BCUT2D eigenvalue weighted by atomic mass is 32.2. The van der Waals surface area contributed by atoms with Gasteiger partial charge in [-0.15, -0.1) is 0 Å². The van der Waals surface area contributed by atoms with Crippen LogP contribution in [0.25, 0.3) is 0 Å². The quantitative estimate of drug-likeness (QED) is 0.686. The first-order valence-corrected chi connectivity index (χ1v) is 9.35. The number of hydrogen-bond donors (Lipinski definition) is 1. The second-order valence-corrected chi connectivity index (χ2v) is 7.04. The summed E-state index contributed by atoms with van der Waals surface area (Å²) < 4.78 is 11.4. The van der Waals surface area contributed by atoms with Crippen LogP contribution in [-0.4, -0.2) is 33.0 Å². The molecule has 2 N–H and O–H groups in total. The monoisotopic (exact) mass is 340 g/mol. The predicted molar refractivity (Wildman–Crippen MR) is 96.5 cm³/mol. The van der Waals surface area contributed by atoms with Gasteiger partial charge in [-0.2, -0.15) is 9.97 Å². The second-order valence-electron chi connectivity index (χ2n) is 5.77. The highest BCUT2D eigenvalue weighted by Gasteiger charge is 2.22. The zero-order valence-corrected chi connectivity index (χ0v) is 14.6. The molecular formula is C18H20N4OS. The van der Waals surface area contributed by atoms with Crippen LogP contribution in [0, 0.1) is 0 Å². The topological polar surface area (TPSA) is 87.2 Å². The Morgan fingerprint density at radius 2 is 1.83 bits per heavy atom. The van der Waals surface area contributed by atoms with Crippen LogP contribution in [0.5, 0.6) is 0 Å². The summed E-state index contributed by atoms with van der Waals surface area (Å²) >= 11 is -1.19. The Bertz CT molecular complexity index is 769. The van der Waals surface area contributed by atoms with E-state index >= 15 is 0 Å². The minimum atomic E-state index is -1.19. The average Bonchev–Trinajstić information content (AvgIpc) is 2.75. The van der Waals surface area contributed by atoms with E-state index in [1.807, 2.05) is 25.1 Å². The van der Waals surface area contributed by atoms with Gasteiger partial charge in [0.25, 0.3) is 0 Å². The number of allylic oxidation sites excluding steroid dienone is 2. The normalized spacial score (nSPS) is 19.6. The minimum absolute atomic E-state index is 0.163. The number of aromatic nitrogens is 2. The van der Waals surface area contributed by atoms with E-state index in [-0.39, 0.29) is 5.92 Å². The van der Waals surface area contributed by atoms with E-state index in [0.29, 0.717) is 11.7 Å². The molecule has 124 valence electrons. The van der Waals surface area contributed by atoms with E-state index in [9.17, 15) is 4.55 Å². The van der Waals surface area contributed by atoms with Crippen LogP contribution >= 0.6 is 0 Å². The van der Waals surface area contributed by atoms with Crippen LogP contribution < -0.4 is 5.73 Å². The van der Waals surface area contributed by atoms with Crippen molar-refractivity contribution in [3.8, 4) is 0 Å². The van der Waals surface area contributed by atoms with Crippen molar-refractivity contribution < 1.29 is 4.55 Å². The molecular weight excluding hydrogens is 320 g/mol. The Kier molecular flexibility index (Phi) is 4.97. The molecule has 1 aromatic carbocycles. The summed E-state index contributed by atoms with van der Waals surface area (Å²) in [6, 6.07) is 10.3. The van der Waals surface area contributed by atoms with Crippen molar-refractivity contribution in [3.63, 3.8) is 0 Å². The molecule has 6 heteroatoms. The highest BCUT2D eigenvalue weighted by Crippen LogP contribution is 2.30. The second kappa shape index (κ2) is 7.15. The van der Waals surface area contributed by atoms with Gasteiger partial charge in [0.05, 0.1) is 5.71 Å². The molecule has 2 atom stereocenters. The maximum absolute atomic E-state index is 11.4. The lowest BCUT2D eigenvalue weighted by atomic mass is 9.90. The fourth-order valence-corrected chi connectivity index (χ4v) is 3.31. The van der Waals surface area contributed by atoms with Gasteiger partial charge in [-0.05, 0) is 24.5 Å². The lowest BCUT2D eigenvalue weighted by Crippen LogP contribution is -2.15. The predicted octanol–water partition coefficient (Wildman–Crippen LogP) is 2.42. The van der Waals surface area contributed by atoms with Gasteiger partial charge >= 0.3 is 5.16 Å². The zero-order valence-electron chi connectivity index (χ0n) is 13.8. The number of aliphatic imine (C=N–C) groups is 1. The van der Waals surface area contributed by atoms with Crippen molar-refractivity contribution in [2.45, 2.75) is 24.4 Å². The molecule has 2 unspecified atom stereocenters. The van der Waals surface area contributed by atoms with Crippen LogP contribution in [0.3, 0.4) is 0 Å². The van der Waals surface area contributed by atoms with Gasteiger partial charge in [0, 0.05) is 47.3 Å². The van der Waals surface area contributed by atoms with E-state index in [0.717, 1.165) is 29.0 Å². The maximum atomic E-state index is 11.4. The van der Waals surface area contributed by atoms with Crippen molar-refractivity contribution in [2.24, 2.45) is 10.7 Å². The molecule has 5 nitrogen and oxygen atoms in total. The summed E-state index contributed by atoms with van der Waals surface area (Å²) in [4.78, 5) is 13.0. The lowest BCUT2D eigenvalue weighted by molar-refractivity contribution is 0.592. The van der Waals surface area contributed by atoms with Gasteiger partial charge in [-0.1, -0.05) is 30.3 Å². The standard InChI is InChI=1S/C18H20N4OS/c1-12-16(19)15(13-6-4-3-5-7-13)8-9-20-17(12)14-10-21-18(22-11-14)24(2)23/h3-7,10-11,15H,8-9,19H2,1-2H3. The molecule has 0 saturated carbocycles. The number of rotatable bonds is 3. The van der Waals surface area contributed by atoms with Crippen molar-refractivity contribution >= 4 is 16.9 Å². The molecule has 0 spiro atoms. The van der Waals surface area contributed by atoms with E-state index in [1.54, 1.807) is 18.6 Å². The van der Waals surface area contributed by atoms with Crippen LogP contribution in [0.4, 0.5) is 0 Å². The SMILES string of the molecule is CC1=C(N)C(c2ccccc2)CCN=C1c1cnc([S+](C)[O-])nc1. The molecule has 1 aromatic heterocycles. The van der Waals surface area contributed by atoms with Gasteiger partial charge in [-0.3, -0.25) is 4.99 Å². The Morgan fingerprint density at radius 1 is 1.17 bits per heavy atom. The van der Waals surface area contributed by atoms with E-state index in [2.05, 4.69) is 22.1 Å². The fourth-order valence-electron chi connectivity index (χ4n) is 2.90. The molecule has 3 rings (SSSR count). The van der Waals surface area contributed by atoms with E-state index < -0.39 is 11.2 Å². The zero-order chi connectivity index (χ0) is 17.1. The summed E-state index contributed by atoms with van der Waals surface area (Å²) in [5.41, 5.74) is 11.1.